The van der Waals surface area contributed by atoms with Gasteiger partial charge in [0.2, 0.25) is 0 Å². The number of alkyl halides is 1. The summed E-state index contributed by atoms with van der Waals surface area (Å²) < 4.78 is 30.5. The summed E-state index contributed by atoms with van der Waals surface area (Å²) in [7, 11) is 0. The molecule has 1 N–H and O–H groups in total. The summed E-state index contributed by atoms with van der Waals surface area (Å²) in [4.78, 5) is 41.1. The highest BCUT2D eigenvalue weighted by Gasteiger charge is 2.30. The lowest BCUT2D eigenvalue weighted by Gasteiger charge is -2.34. The molecule has 0 radical (unpaired) electrons. The van der Waals surface area contributed by atoms with Crippen LogP contribution in [0.1, 0.15) is 78.5 Å². The molecule has 0 spiro atoms. The molecule has 1 aromatic heterocycles. The van der Waals surface area contributed by atoms with Crippen molar-refractivity contribution in [2.45, 2.75) is 85.4 Å². The van der Waals surface area contributed by atoms with Gasteiger partial charge < -0.3 is 9.67 Å². The van der Waals surface area contributed by atoms with E-state index in [0.717, 1.165) is 33.4 Å². The van der Waals surface area contributed by atoms with E-state index in [1.54, 1.807) is 31.3 Å². The molecule has 4 rings (SSSR count). The third-order valence-corrected chi connectivity index (χ3v) is 8.59. The Hall–Kier alpha value is -3.65. The number of ketones is 1. The zero-order valence-corrected chi connectivity index (χ0v) is 26.6. The first-order chi connectivity index (χ1) is 20.7. The highest BCUT2D eigenvalue weighted by molar-refractivity contribution is 5.84. The van der Waals surface area contributed by atoms with Crippen molar-refractivity contribution in [2.75, 3.05) is 19.6 Å². The molecule has 2 atom stereocenters. The number of aryl methyl sites for hydroxylation is 4. The minimum absolute atomic E-state index is 0.0646. The van der Waals surface area contributed by atoms with Crippen molar-refractivity contribution in [3.63, 3.8) is 0 Å². The van der Waals surface area contributed by atoms with Crippen molar-refractivity contribution in [1.82, 2.24) is 9.47 Å². The largest absolute Gasteiger partial charge is 0.481 e. The van der Waals surface area contributed by atoms with Crippen LogP contribution >= 0.6 is 0 Å². The molecule has 6 nitrogen and oxygen atoms in total. The number of aliphatic carboxylic acids is 1. The van der Waals surface area contributed by atoms with Gasteiger partial charge in [-0.2, -0.15) is 0 Å². The molecule has 236 valence electrons. The number of carbonyl (C=O) groups excluding carboxylic acids is 1. The Labute approximate surface area is 258 Å². The summed E-state index contributed by atoms with van der Waals surface area (Å²) in [6.45, 7) is 13.0. The standard InChI is InChI=1S/C36H44F2N2O4/c1-21(2)11-31(40-18-26(7-8-33(40)42)9-10-39-19-29(37)20-39)32(41)16-27(17-34(43)44)30-15-28(14-25(6)36(30)38)35-23(4)12-22(3)13-24(35)5/h7-8,12-15,18,21,27,29,31H,9-11,16-17,19-20H2,1-6H3,(H,43,44)/t27-,31?/m0/s1. The van der Waals surface area contributed by atoms with Gasteiger partial charge in [-0.3, -0.25) is 19.3 Å². The topological polar surface area (TPSA) is 79.6 Å². The van der Waals surface area contributed by atoms with Gasteiger partial charge in [0.25, 0.3) is 5.56 Å². The summed E-state index contributed by atoms with van der Waals surface area (Å²) in [5.74, 6) is -2.81. The number of carbonyl (C=O) groups is 2. The van der Waals surface area contributed by atoms with Crippen molar-refractivity contribution in [1.29, 1.82) is 0 Å². The maximum absolute atomic E-state index is 15.8. The molecule has 0 amide bonds. The molecule has 2 heterocycles. The smallest absolute Gasteiger partial charge is 0.303 e. The molecule has 1 fully saturated rings. The van der Waals surface area contributed by atoms with Gasteiger partial charge in [-0.15, -0.1) is 0 Å². The number of benzene rings is 2. The molecule has 1 saturated heterocycles. The molecule has 0 bridgehead atoms. The first-order valence-corrected chi connectivity index (χ1v) is 15.4. The fourth-order valence-electron chi connectivity index (χ4n) is 6.52. The molecule has 44 heavy (non-hydrogen) atoms. The van der Waals surface area contributed by atoms with Gasteiger partial charge in [0.1, 0.15) is 12.0 Å². The first-order valence-electron chi connectivity index (χ1n) is 15.4. The highest BCUT2D eigenvalue weighted by Crippen LogP contribution is 2.36. The van der Waals surface area contributed by atoms with Crippen LogP contribution in [0.4, 0.5) is 8.78 Å². The Morgan fingerprint density at radius 2 is 1.64 bits per heavy atom. The zero-order valence-electron chi connectivity index (χ0n) is 26.6. The lowest BCUT2D eigenvalue weighted by molar-refractivity contribution is -0.137. The van der Waals surface area contributed by atoms with Crippen LogP contribution in [0.5, 0.6) is 0 Å². The summed E-state index contributed by atoms with van der Waals surface area (Å²) >= 11 is 0. The Balaban J connectivity index is 1.69. The van der Waals surface area contributed by atoms with Gasteiger partial charge in [0.15, 0.2) is 5.78 Å². The second kappa shape index (κ2) is 14.0. The maximum atomic E-state index is 15.8. The average molecular weight is 607 g/mol. The van der Waals surface area contributed by atoms with Gasteiger partial charge in [-0.05, 0) is 97.5 Å². The number of rotatable bonds is 13. The van der Waals surface area contributed by atoms with E-state index in [1.165, 1.54) is 10.6 Å². The van der Waals surface area contributed by atoms with Gasteiger partial charge in [-0.25, -0.2) is 8.78 Å². The second-order valence-electron chi connectivity index (χ2n) is 13.0. The lowest BCUT2D eigenvalue weighted by atomic mass is 9.83. The Kier molecular flexibility index (Phi) is 10.6. The molecule has 1 aliphatic rings. The number of Topliss-reactive ketones (excluding diaryl/α,β-unsaturated/α-hetero) is 1. The zero-order chi connectivity index (χ0) is 32.3. The van der Waals surface area contributed by atoms with E-state index in [9.17, 15) is 23.9 Å². The van der Waals surface area contributed by atoms with Gasteiger partial charge in [-0.1, -0.05) is 37.6 Å². The van der Waals surface area contributed by atoms with E-state index >= 15 is 4.39 Å². The fraction of sp³-hybridized carbons (Fsp3) is 0.472. The third kappa shape index (κ3) is 7.89. The molecule has 1 aliphatic heterocycles. The van der Waals surface area contributed by atoms with E-state index in [1.807, 2.05) is 39.5 Å². The maximum Gasteiger partial charge on any atom is 0.303 e. The molecule has 3 aromatic rings. The summed E-state index contributed by atoms with van der Waals surface area (Å²) in [5.41, 5.74) is 6.01. The highest BCUT2D eigenvalue weighted by atomic mass is 19.1. The van der Waals surface area contributed by atoms with Gasteiger partial charge in [0, 0.05) is 44.2 Å². The second-order valence-corrected chi connectivity index (χ2v) is 13.0. The summed E-state index contributed by atoms with van der Waals surface area (Å²) in [6, 6.07) is 9.92. The molecular formula is C36H44F2N2O4. The number of carboxylic acid groups (broad SMARTS) is 1. The van der Waals surface area contributed by atoms with E-state index < -0.39 is 36.3 Å². The fourth-order valence-corrected chi connectivity index (χ4v) is 6.52. The van der Waals surface area contributed by atoms with Crippen LogP contribution in [0.25, 0.3) is 11.1 Å². The molecule has 2 aromatic carbocycles. The average Bonchev–Trinajstić information content (AvgIpc) is 2.90. The number of pyridine rings is 1. The summed E-state index contributed by atoms with van der Waals surface area (Å²) in [6.07, 6.45) is 1.23. The van der Waals surface area contributed by atoms with Crippen molar-refractivity contribution >= 4 is 11.8 Å². The minimum atomic E-state index is -1.13. The van der Waals surface area contributed by atoms with E-state index in [0.29, 0.717) is 38.0 Å². The Morgan fingerprint density at radius 3 is 2.23 bits per heavy atom. The number of nitrogens with zero attached hydrogens (tertiary/aromatic N) is 2. The van der Waals surface area contributed by atoms with E-state index in [4.69, 9.17) is 0 Å². The normalized spacial score (nSPS) is 15.3. The number of aromatic nitrogens is 1. The minimum Gasteiger partial charge on any atom is -0.481 e. The van der Waals surface area contributed by atoms with Crippen molar-refractivity contribution in [3.05, 3.63) is 92.1 Å². The van der Waals surface area contributed by atoms with E-state index in [2.05, 4.69) is 12.1 Å². The van der Waals surface area contributed by atoms with Crippen molar-refractivity contribution in [2.24, 2.45) is 5.92 Å². The molecular weight excluding hydrogens is 562 g/mol. The molecule has 0 saturated carbocycles. The first kappa shape index (κ1) is 33.2. The van der Waals surface area contributed by atoms with Gasteiger partial charge in [0.05, 0.1) is 12.5 Å². The predicted molar refractivity (Wildman–Crippen MR) is 170 cm³/mol. The number of hydrogen-bond donors (Lipinski definition) is 1. The van der Waals surface area contributed by atoms with E-state index in [-0.39, 0.29) is 29.2 Å². The number of halogens is 2. The Bertz CT molecular complexity index is 1570. The monoisotopic (exact) mass is 606 g/mol. The molecule has 8 heteroatoms. The van der Waals surface area contributed by atoms with Crippen LogP contribution in [0, 0.1) is 39.4 Å². The number of hydrogen-bond acceptors (Lipinski definition) is 4. The third-order valence-electron chi connectivity index (χ3n) is 8.59. The molecule has 0 aliphatic carbocycles. The van der Waals surface area contributed by atoms with Crippen molar-refractivity contribution < 1.29 is 23.5 Å². The predicted octanol–water partition coefficient (Wildman–Crippen LogP) is 6.89. The Morgan fingerprint density at radius 1 is 0.977 bits per heavy atom. The lowest BCUT2D eigenvalue weighted by Crippen LogP contribution is -2.48. The van der Waals surface area contributed by atoms with Crippen molar-refractivity contribution in [3.8, 4) is 11.1 Å². The van der Waals surface area contributed by atoms with Crippen LogP contribution in [-0.2, 0) is 16.0 Å². The van der Waals surface area contributed by atoms with Crippen LogP contribution < -0.4 is 5.56 Å². The molecule has 1 unspecified atom stereocenters. The van der Waals surface area contributed by atoms with Crippen LogP contribution in [0.2, 0.25) is 0 Å². The quantitative estimate of drug-likeness (QED) is 0.229. The SMILES string of the molecule is Cc1cc(C)c(-c2cc(C)c(F)c([C@H](CC(=O)O)CC(=O)C(CC(C)C)n3cc(CCN4CC(F)C4)ccc3=O)c2)c(C)c1. The van der Waals surface area contributed by atoms with Gasteiger partial charge >= 0.3 is 5.97 Å². The summed E-state index contributed by atoms with van der Waals surface area (Å²) in [5, 5.41) is 9.83. The van der Waals surface area contributed by atoms with Crippen LogP contribution in [0.15, 0.2) is 47.4 Å². The van der Waals surface area contributed by atoms with Crippen LogP contribution in [-0.4, -0.2) is 52.1 Å². The van der Waals surface area contributed by atoms with Crippen LogP contribution in [0.3, 0.4) is 0 Å². The number of carboxylic acids is 1. The number of likely N-dealkylation sites (tertiary alicyclic amines) is 1.